The summed E-state index contributed by atoms with van der Waals surface area (Å²) in [5.41, 5.74) is 1.73. The summed E-state index contributed by atoms with van der Waals surface area (Å²) in [6.45, 7) is 5.72. The van der Waals surface area contributed by atoms with Crippen LogP contribution in [-0.4, -0.2) is 30.9 Å². The van der Waals surface area contributed by atoms with Crippen LogP contribution in [0.3, 0.4) is 0 Å². The average molecular weight is 340 g/mol. The summed E-state index contributed by atoms with van der Waals surface area (Å²) < 4.78 is 6.01. The molecule has 108 valence electrons. The molecule has 2 atom stereocenters. The molecule has 0 aliphatic carbocycles. The Bertz CT molecular complexity index is 561. The fourth-order valence-corrected chi connectivity index (χ4v) is 3.57. The smallest absolute Gasteiger partial charge is 0.236 e. The maximum absolute atomic E-state index is 12.6. The summed E-state index contributed by atoms with van der Waals surface area (Å²) in [5.74, 6) is -1.12. The fraction of sp³-hybridized carbons (Fsp3) is 0.467. The molecule has 1 fully saturated rings. The Balaban J connectivity index is 2.49. The fourth-order valence-electron chi connectivity index (χ4n) is 2.88. The number of amides is 1. The lowest BCUT2D eigenvalue weighted by Crippen LogP contribution is -2.47. The van der Waals surface area contributed by atoms with E-state index < -0.39 is 11.5 Å². The number of nitrogens with one attached hydrogen (secondary N) is 1. The number of ketones is 1. The molecule has 1 heterocycles. The van der Waals surface area contributed by atoms with Crippen LogP contribution in [0, 0.1) is 13.8 Å². The minimum absolute atomic E-state index is 0.127. The van der Waals surface area contributed by atoms with Crippen molar-refractivity contribution in [1.29, 1.82) is 0 Å². The predicted octanol–water partition coefficient (Wildman–Crippen LogP) is 2.25. The molecule has 1 N–H and O–H groups in total. The monoisotopic (exact) mass is 339 g/mol. The van der Waals surface area contributed by atoms with Crippen molar-refractivity contribution in [2.75, 3.05) is 13.7 Å². The average Bonchev–Trinajstić information content (AvgIpc) is 2.52. The number of methoxy groups -OCH3 is 1. The largest absolute Gasteiger partial charge is 0.382 e. The zero-order valence-corrected chi connectivity index (χ0v) is 13.6. The Kier molecular flexibility index (Phi) is 4.02. The molecule has 1 saturated heterocycles. The van der Waals surface area contributed by atoms with Crippen LogP contribution in [0.5, 0.6) is 0 Å². The van der Waals surface area contributed by atoms with Crippen LogP contribution >= 0.6 is 15.9 Å². The molecule has 0 aromatic heterocycles. The summed E-state index contributed by atoms with van der Waals surface area (Å²) in [6.07, 6.45) is 0. The highest BCUT2D eigenvalue weighted by Gasteiger charge is 2.50. The van der Waals surface area contributed by atoms with E-state index in [1.165, 1.54) is 7.11 Å². The summed E-state index contributed by atoms with van der Waals surface area (Å²) in [4.78, 5) is 24.9. The molecule has 0 saturated carbocycles. The summed E-state index contributed by atoms with van der Waals surface area (Å²) in [7, 11) is 1.52. The Morgan fingerprint density at radius 1 is 1.30 bits per heavy atom. The van der Waals surface area contributed by atoms with E-state index >= 15 is 0 Å². The SMILES string of the molecule is COCC1(C)NC(=O)C(c2c(C)cc(Br)cc2C)C1=O. The molecule has 0 radical (unpaired) electrons. The molecular weight excluding hydrogens is 322 g/mol. The Morgan fingerprint density at radius 3 is 2.35 bits per heavy atom. The second-order valence-corrected chi connectivity index (χ2v) is 6.42. The van der Waals surface area contributed by atoms with Gasteiger partial charge >= 0.3 is 0 Å². The number of hydrogen-bond acceptors (Lipinski definition) is 3. The second-order valence-electron chi connectivity index (χ2n) is 5.50. The number of benzene rings is 1. The molecule has 2 rings (SSSR count). The lowest BCUT2D eigenvalue weighted by molar-refractivity contribution is -0.125. The van der Waals surface area contributed by atoms with Crippen molar-refractivity contribution in [1.82, 2.24) is 5.32 Å². The molecule has 0 spiro atoms. The van der Waals surface area contributed by atoms with Gasteiger partial charge in [0.2, 0.25) is 5.91 Å². The van der Waals surface area contributed by atoms with E-state index in [1.807, 2.05) is 26.0 Å². The van der Waals surface area contributed by atoms with Gasteiger partial charge in [-0.25, -0.2) is 0 Å². The quantitative estimate of drug-likeness (QED) is 0.859. The molecular formula is C15H18BrNO3. The van der Waals surface area contributed by atoms with Crippen LogP contribution in [-0.2, 0) is 14.3 Å². The number of halogens is 1. The van der Waals surface area contributed by atoms with Gasteiger partial charge in [0.15, 0.2) is 5.78 Å². The molecule has 1 aromatic carbocycles. The van der Waals surface area contributed by atoms with E-state index in [2.05, 4.69) is 21.2 Å². The third kappa shape index (κ3) is 2.40. The number of aryl methyl sites for hydroxylation is 2. The van der Waals surface area contributed by atoms with Crippen molar-refractivity contribution in [2.45, 2.75) is 32.2 Å². The number of hydrogen-bond donors (Lipinski definition) is 1. The van der Waals surface area contributed by atoms with Gasteiger partial charge in [0.1, 0.15) is 11.5 Å². The summed E-state index contributed by atoms with van der Waals surface area (Å²) in [5, 5.41) is 2.77. The molecule has 0 bridgehead atoms. The number of carbonyl (C=O) groups excluding carboxylic acids is 2. The van der Waals surface area contributed by atoms with Crippen LogP contribution in [0.15, 0.2) is 16.6 Å². The predicted molar refractivity (Wildman–Crippen MR) is 79.8 cm³/mol. The molecule has 2 unspecified atom stereocenters. The molecule has 1 aliphatic rings. The standard InChI is InChI=1S/C15H18BrNO3/c1-8-5-10(16)6-9(2)11(8)12-13(18)15(3,7-20-4)17-14(12)19/h5-6,12H,7H2,1-4H3,(H,17,19). The van der Waals surface area contributed by atoms with Gasteiger partial charge in [-0.2, -0.15) is 0 Å². The normalized spacial score (nSPS) is 25.9. The van der Waals surface area contributed by atoms with Gasteiger partial charge in [-0.3, -0.25) is 9.59 Å². The Hall–Kier alpha value is -1.20. The summed E-state index contributed by atoms with van der Waals surface area (Å²) >= 11 is 3.43. The number of Topliss-reactive ketones (excluding diaryl/α,β-unsaturated/α-hetero) is 1. The second kappa shape index (κ2) is 5.30. The first kappa shape index (κ1) is 15.2. The van der Waals surface area contributed by atoms with E-state index in [4.69, 9.17) is 4.74 Å². The van der Waals surface area contributed by atoms with Gasteiger partial charge in [-0.15, -0.1) is 0 Å². The highest BCUT2D eigenvalue weighted by atomic mass is 79.9. The highest BCUT2D eigenvalue weighted by molar-refractivity contribution is 9.10. The van der Waals surface area contributed by atoms with Gasteiger partial charge in [0, 0.05) is 11.6 Å². The van der Waals surface area contributed by atoms with Crippen LogP contribution in [0.1, 0.15) is 29.5 Å². The third-order valence-corrected chi connectivity index (χ3v) is 4.21. The lowest BCUT2D eigenvalue weighted by Gasteiger charge is -2.21. The maximum Gasteiger partial charge on any atom is 0.236 e. The number of ether oxygens (including phenoxy) is 1. The first-order valence-electron chi connectivity index (χ1n) is 6.42. The van der Waals surface area contributed by atoms with Crippen molar-refractivity contribution in [3.8, 4) is 0 Å². The van der Waals surface area contributed by atoms with Crippen molar-refractivity contribution in [3.05, 3.63) is 33.3 Å². The van der Waals surface area contributed by atoms with E-state index in [-0.39, 0.29) is 18.3 Å². The van der Waals surface area contributed by atoms with Gasteiger partial charge < -0.3 is 10.1 Å². The molecule has 1 amide bonds. The summed E-state index contributed by atoms with van der Waals surface area (Å²) in [6, 6.07) is 3.85. The zero-order valence-electron chi connectivity index (χ0n) is 12.0. The van der Waals surface area contributed by atoms with Crippen LogP contribution in [0.25, 0.3) is 0 Å². The number of rotatable bonds is 3. The van der Waals surface area contributed by atoms with Crippen LogP contribution in [0.4, 0.5) is 0 Å². The van der Waals surface area contributed by atoms with Gasteiger partial charge in [-0.1, -0.05) is 15.9 Å². The minimum Gasteiger partial charge on any atom is -0.382 e. The van der Waals surface area contributed by atoms with Crippen molar-refractivity contribution in [2.24, 2.45) is 0 Å². The number of carbonyl (C=O) groups is 2. The third-order valence-electron chi connectivity index (χ3n) is 3.75. The highest BCUT2D eigenvalue weighted by Crippen LogP contribution is 2.34. The maximum atomic E-state index is 12.6. The van der Waals surface area contributed by atoms with Crippen LogP contribution < -0.4 is 5.32 Å². The van der Waals surface area contributed by atoms with Crippen molar-refractivity contribution >= 4 is 27.6 Å². The lowest BCUT2D eigenvalue weighted by atomic mass is 9.84. The topological polar surface area (TPSA) is 55.4 Å². The van der Waals surface area contributed by atoms with Crippen molar-refractivity contribution < 1.29 is 14.3 Å². The molecule has 5 heteroatoms. The molecule has 1 aliphatic heterocycles. The molecule has 4 nitrogen and oxygen atoms in total. The Labute approximate surface area is 127 Å². The van der Waals surface area contributed by atoms with Gasteiger partial charge in [0.05, 0.1) is 6.61 Å². The molecule has 1 aromatic rings. The Morgan fingerprint density at radius 2 is 1.85 bits per heavy atom. The first-order valence-corrected chi connectivity index (χ1v) is 7.21. The van der Waals surface area contributed by atoms with Gasteiger partial charge in [-0.05, 0) is 49.6 Å². The van der Waals surface area contributed by atoms with E-state index in [1.54, 1.807) is 6.92 Å². The van der Waals surface area contributed by atoms with Crippen LogP contribution in [0.2, 0.25) is 0 Å². The zero-order chi connectivity index (χ0) is 15.1. The van der Waals surface area contributed by atoms with Crippen molar-refractivity contribution in [3.63, 3.8) is 0 Å². The van der Waals surface area contributed by atoms with E-state index in [0.29, 0.717) is 0 Å². The minimum atomic E-state index is -0.942. The van der Waals surface area contributed by atoms with Gasteiger partial charge in [0.25, 0.3) is 0 Å². The first-order chi connectivity index (χ1) is 9.30. The molecule has 20 heavy (non-hydrogen) atoms. The van der Waals surface area contributed by atoms with E-state index in [9.17, 15) is 9.59 Å². The van der Waals surface area contributed by atoms with E-state index in [0.717, 1.165) is 21.2 Å².